The molecular formula is C15H16F2N4O6S. The number of hydrogen-bond donors (Lipinski definition) is 2. The summed E-state index contributed by atoms with van der Waals surface area (Å²) in [6, 6.07) is 5.42. The maximum atomic E-state index is 12.4. The molecule has 152 valence electrons. The molecule has 0 unspecified atom stereocenters. The summed E-state index contributed by atoms with van der Waals surface area (Å²) in [6.07, 6.45) is 0. The second kappa shape index (κ2) is 9.12. The molecule has 0 fully saturated rings. The number of carbonyl (C=O) groups excluding carboxylic acids is 1. The number of amides is 2. The summed E-state index contributed by atoms with van der Waals surface area (Å²) in [7, 11) is -3.10. The Balaban J connectivity index is 2.19. The third-order valence-electron chi connectivity index (χ3n) is 2.99. The topological polar surface area (TPSA) is 129 Å². The fourth-order valence-electron chi connectivity index (χ4n) is 1.97. The molecule has 1 aromatic carbocycles. The predicted molar refractivity (Wildman–Crippen MR) is 92.2 cm³/mol. The van der Waals surface area contributed by atoms with Crippen LogP contribution in [0.5, 0.6) is 17.5 Å². The Bertz CT molecular complexity index is 942. The number of nitrogens with zero attached hydrogens (tertiary/aromatic N) is 2. The molecule has 0 saturated carbocycles. The van der Waals surface area contributed by atoms with Gasteiger partial charge in [-0.1, -0.05) is 12.1 Å². The summed E-state index contributed by atoms with van der Waals surface area (Å²) in [6.45, 7) is -1.29. The van der Waals surface area contributed by atoms with Gasteiger partial charge in [0.25, 0.3) is 10.0 Å². The van der Waals surface area contributed by atoms with E-state index in [1.807, 2.05) is 5.32 Å². The number of aromatic nitrogens is 2. The quantitative estimate of drug-likeness (QED) is 0.666. The Morgan fingerprint density at radius 1 is 1.21 bits per heavy atom. The first-order chi connectivity index (χ1) is 13.2. The lowest BCUT2D eigenvalue weighted by Gasteiger charge is -2.12. The Morgan fingerprint density at radius 3 is 2.54 bits per heavy atom. The zero-order valence-corrected chi connectivity index (χ0v) is 15.5. The zero-order valence-electron chi connectivity index (χ0n) is 14.7. The number of sulfonamides is 1. The second-order valence-electron chi connectivity index (χ2n) is 4.89. The number of carbonyl (C=O) groups is 1. The Hall–Kier alpha value is -3.22. The van der Waals surface area contributed by atoms with E-state index in [-0.39, 0.29) is 23.1 Å². The van der Waals surface area contributed by atoms with E-state index in [2.05, 4.69) is 14.7 Å². The number of rotatable bonds is 8. The van der Waals surface area contributed by atoms with Crippen LogP contribution in [-0.4, -0.2) is 44.7 Å². The van der Waals surface area contributed by atoms with Crippen LogP contribution < -0.4 is 24.2 Å². The van der Waals surface area contributed by atoms with Crippen LogP contribution in [0.4, 0.5) is 19.5 Å². The van der Waals surface area contributed by atoms with Crippen molar-refractivity contribution in [2.24, 2.45) is 0 Å². The molecule has 0 aliphatic rings. The van der Waals surface area contributed by atoms with Gasteiger partial charge in [-0.2, -0.15) is 18.7 Å². The van der Waals surface area contributed by atoms with E-state index in [0.29, 0.717) is 0 Å². The number of nitrogens with one attached hydrogen (secondary N) is 2. The molecule has 1 aromatic heterocycles. The summed E-state index contributed by atoms with van der Waals surface area (Å²) in [5.74, 6) is -1.23. The number of alkyl halides is 2. The van der Waals surface area contributed by atoms with Crippen LogP contribution in [0.3, 0.4) is 0 Å². The van der Waals surface area contributed by atoms with Crippen molar-refractivity contribution in [2.75, 3.05) is 19.0 Å². The van der Waals surface area contributed by atoms with Crippen LogP contribution in [0.25, 0.3) is 0 Å². The van der Waals surface area contributed by atoms with Gasteiger partial charge in [0.05, 0.1) is 19.8 Å². The molecule has 2 N–H and O–H groups in total. The summed E-state index contributed by atoms with van der Waals surface area (Å²) in [5, 5.41) is 2.01. The van der Waals surface area contributed by atoms with Gasteiger partial charge in [-0.05, 0) is 19.1 Å². The standard InChI is InChI=1S/C15H16F2N4O6S/c1-3-26-9-6-4-5-7-10(9)28(23,24)21-15(22)20-14-18-11(25-2)8-12(19-14)27-13(16)17/h4-8,13H,3H2,1-2H3,(H2,18,19,20,21,22). The van der Waals surface area contributed by atoms with E-state index in [4.69, 9.17) is 9.47 Å². The maximum absolute atomic E-state index is 12.4. The third kappa shape index (κ3) is 5.64. The molecule has 2 aromatic rings. The van der Waals surface area contributed by atoms with Gasteiger partial charge in [0.2, 0.25) is 17.7 Å². The number of benzene rings is 1. The molecule has 10 nitrogen and oxygen atoms in total. The Labute approximate surface area is 158 Å². The summed E-state index contributed by atoms with van der Waals surface area (Å²) >= 11 is 0. The maximum Gasteiger partial charge on any atom is 0.388 e. The van der Waals surface area contributed by atoms with Crippen molar-refractivity contribution in [2.45, 2.75) is 18.4 Å². The first-order valence-corrected chi connectivity index (χ1v) is 9.17. The molecule has 0 radical (unpaired) electrons. The van der Waals surface area contributed by atoms with Crippen molar-refractivity contribution in [3.63, 3.8) is 0 Å². The van der Waals surface area contributed by atoms with Crippen LogP contribution in [-0.2, 0) is 10.0 Å². The van der Waals surface area contributed by atoms with Gasteiger partial charge < -0.3 is 14.2 Å². The van der Waals surface area contributed by atoms with Gasteiger partial charge in [0, 0.05) is 0 Å². The molecule has 0 atom stereocenters. The number of anilines is 1. The number of halogens is 2. The molecule has 1 heterocycles. The van der Waals surface area contributed by atoms with E-state index in [1.165, 1.54) is 25.3 Å². The smallest absolute Gasteiger partial charge is 0.388 e. The fourth-order valence-corrected chi connectivity index (χ4v) is 3.02. The van der Waals surface area contributed by atoms with E-state index >= 15 is 0 Å². The molecule has 0 bridgehead atoms. The average Bonchev–Trinajstić information content (AvgIpc) is 2.61. The minimum absolute atomic E-state index is 0.0514. The van der Waals surface area contributed by atoms with E-state index in [0.717, 1.165) is 6.07 Å². The summed E-state index contributed by atoms with van der Waals surface area (Å²) in [4.78, 5) is 19.0. The Morgan fingerprint density at radius 2 is 1.89 bits per heavy atom. The normalized spacial score (nSPS) is 11.0. The molecule has 0 aliphatic carbocycles. The SMILES string of the molecule is CCOc1ccccc1S(=O)(=O)NC(=O)Nc1nc(OC)cc(OC(F)F)n1. The molecule has 2 amide bonds. The molecular weight excluding hydrogens is 402 g/mol. The first-order valence-electron chi connectivity index (χ1n) is 7.68. The van der Waals surface area contributed by atoms with Crippen LogP contribution in [0.2, 0.25) is 0 Å². The first kappa shape index (κ1) is 21.1. The Kier molecular flexibility index (Phi) is 6.87. The van der Waals surface area contributed by atoms with Crippen LogP contribution in [0, 0.1) is 0 Å². The molecule has 13 heteroatoms. The highest BCUT2D eigenvalue weighted by molar-refractivity contribution is 7.90. The molecule has 2 rings (SSSR count). The largest absolute Gasteiger partial charge is 0.492 e. The van der Waals surface area contributed by atoms with Crippen molar-refractivity contribution in [3.8, 4) is 17.5 Å². The van der Waals surface area contributed by atoms with Gasteiger partial charge in [-0.25, -0.2) is 17.9 Å². The van der Waals surface area contributed by atoms with Crippen molar-refractivity contribution in [1.29, 1.82) is 0 Å². The van der Waals surface area contributed by atoms with E-state index in [1.54, 1.807) is 17.7 Å². The van der Waals surface area contributed by atoms with Crippen molar-refractivity contribution in [3.05, 3.63) is 30.3 Å². The highest BCUT2D eigenvalue weighted by Crippen LogP contribution is 2.23. The molecule has 28 heavy (non-hydrogen) atoms. The van der Waals surface area contributed by atoms with Crippen LogP contribution in [0.15, 0.2) is 35.2 Å². The van der Waals surface area contributed by atoms with E-state index < -0.39 is 34.5 Å². The lowest BCUT2D eigenvalue weighted by atomic mass is 10.3. The highest BCUT2D eigenvalue weighted by Gasteiger charge is 2.23. The minimum atomic E-state index is -4.30. The molecule has 0 aliphatic heterocycles. The lowest BCUT2D eigenvalue weighted by Crippen LogP contribution is -2.35. The number of hydrogen-bond acceptors (Lipinski definition) is 8. The third-order valence-corrected chi connectivity index (χ3v) is 4.36. The lowest BCUT2D eigenvalue weighted by molar-refractivity contribution is -0.0529. The highest BCUT2D eigenvalue weighted by atomic mass is 32.2. The fraction of sp³-hybridized carbons (Fsp3) is 0.267. The van der Waals surface area contributed by atoms with Gasteiger partial charge in [0.15, 0.2) is 0 Å². The van der Waals surface area contributed by atoms with Crippen molar-refractivity contribution in [1.82, 2.24) is 14.7 Å². The number of methoxy groups -OCH3 is 1. The summed E-state index contributed by atoms with van der Waals surface area (Å²) < 4.78 is 65.4. The van der Waals surface area contributed by atoms with Crippen LogP contribution in [0.1, 0.15) is 6.92 Å². The number of ether oxygens (including phenoxy) is 3. The average molecular weight is 418 g/mol. The minimum Gasteiger partial charge on any atom is -0.492 e. The van der Waals surface area contributed by atoms with Gasteiger partial charge >= 0.3 is 12.6 Å². The van der Waals surface area contributed by atoms with Gasteiger partial charge in [-0.15, -0.1) is 0 Å². The zero-order chi connectivity index (χ0) is 20.7. The monoisotopic (exact) mass is 418 g/mol. The van der Waals surface area contributed by atoms with Crippen LogP contribution >= 0.6 is 0 Å². The van der Waals surface area contributed by atoms with E-state index in [9.17, 15) is 22.0 Å². The number of urea groups is 1. The molecule has 0 spiro atoms. The van der Waals surface area contributed by atoms with Crippen molar-refractivity contribution < 1.29 is 36.2 Å². The predicted octanol–water partition coefficient (Wildman–Crippen LogP) is 2.00. The summed E-state index contributed by atoms with van der Waals surface area (Å²) in [5.41, 5.74) is 0. The van der Waals surface area contributed by atoms with Crippen molar-refractivity contribution >= 4 is 22.0 Å². The second-order valence-corrected chi connectivity index (χ2v) is 6.54. The number of para-hydroxylation sites is 1. The molecule has 0 saturated heterocycles. The van der Waals surface area contributed by atoms with Gasteiger partial charge in [-0.3, -0.25) is 5.32 Å². The van der Waals surface area contributed by atoms with Gasteiger partial charge in [0.1, 0.15) is 10.6 Å².